The molecule has 4 nitrogen and oxygen atoms in total. The van der Waals surface area contributed by atoms with E-state index in [1.807, 2.05) is 0 Å². The van der Waals surface area contributed by atoms with Crippen molar-refractivity contribution in [2.45, 2.75) is 0 Å². The number of rotatable bonds is 5. The number of halogens is 2. The quantitative estimate of drug-likeness (QED) is 0.647. The van der Waals surface area contributed by atoms with Gasteiger partial charge in [-0.1, -0.05) is 30.3 Å². The van der Waals surface area contributed by atoms with Gasteiger partial charge in [0.05, 0.1) is 5.56 Å². The maximum Gasteiger partial charge on any atom is 0.258 e. The predicted molar refractivity (Wildman–Crippen MR) is 104 cm³/mol. The first-order valence-corrected chi connectivity index (χ1v) is 8.37. The van der Waals surface area contributed by atoms with E-state index in [0.29, 0.717) is 22.4 Å². The van der Waals surface area contributed by atoms with Crippen LogP contribution in [0.15, 0.2) is 72.8 Å². The second-order valence-electron chi connectivity index (χ2n) is 6.02. The summed E-state index contributed by atoms with van der Waals surface area (Å²) in [6, 6.07) is 16.5. The van der Waals surface area contributed by atoms with E-state index in [9.17, 15) is 18.4 Å². The molecule has 0 fully saturated rings. The highest BCUT2D eigenvalue weighted by Gasteiger charge is 2.14. The molecule has 0 heterocycles. The minimum absolute atomic E-state index is 0.167. The van der Waals surface area contributed by atoms with Gasteiger partial charge in [0.15, 0.2) is 0 Å². The highest BCUT2D eigenvalue weighted by Crippen LogP contribution is 2.24. The number of nitrogens with two attached hydrogens (primary N) is 1. The molecule has 3 N–H and O–H groups in total. The number of carbonyl (C=O) groups is 2. The smallest absolute Gasteiger partial charge is 0.258 e. The molecule has 3 rings (SSSR count). The Hall–Kier alpha value is -3.80. The summed E-state index contributed by atoms with van der Waals surface area (Å²) in [5, 5.41) is 2.61. The molecule has 0 spiro atoms. The third kappa shape index (κ3) is 4.67. The van der Waals surface area contributed by atoms with Crippen LogP contribution in [0.1, 0.15) is 15.9 Å². The lowest BCUT2D eigenvalue weighted by Gasteiger charge is -2.09. The molecule has 0 aliphatic heterocycles. The van der Waals surface area contributed by atoms with Crippen LogP contribution < -0.4 is 11.1 Å². The van der Waals surface area contributed by atoms with Crippen molar-refractivity contribution in [2.24, 2.45) is 5.73 Å². The Morgan fingerprint density at radius 2 is 1.64 bits per heavy atom. The van der Waals surface area contributed by atoms with Gasteiger partial charge in [0.1, 0.15) is 11.6 Å². The van der Waals surface area contributed by atoms with Gasteiger partial charge in [-0.15, -0.1) is 0 Å². The molecule has 0 radical (unpaired) electrons. The van der Waals surface area contributed by atoms with Crippen LogP contribution in [0, 0.1) is 11.6 Å². The fraction of sp³-hybridized carbons (Fsp3) is 0. The average Bonchev–Trinajstić information content (AvgIpc) is 2.67. The molecule has 3 aromatic carbocycles. The lowest BCUT2D eigenvalue weighted by molar-refractivity contribution is -0.113. The highest BCUT2D eigenvalue weighted by molar-refractivity contribution is 6.05. The topological polar surface area (TPSA) is 72.2 Å². The van der Waals surface area contributed by atoms with Crippen molar-refractivity contribution >= 4 is 23.6 Å². The number of benzene rings is 3. The number of primary amides is 1. The van der Waals surface area contributed by atoms with Crippen LogP contribution >= 0.6 is 0 Å². The molecule has 0 bridgehead atoms. The molecular formula is C22H16F2N2O2. The van der Waals surface area contributed by atoms with Crippen molar-refractivity contribution in [3.05, 3.63) is 95.6 Å². The Kier molecular flexibility index (Phi) is 5.60. The van der Waals surface area contributed by atoms with Crippen molar-refractivity contribution in [3.8, 4) is 11.1 Å². The summed E-state index contributed by atoms with van der Waals surface area (Å²) in [7, 11) is 0. The Morgan fingerprint density at radius 3 is 2.39 bits per heavy atom. The number of anilines is 1. The zero-order valence-corrected chi connectivity index (χ0v) is 14.7. The van der Waals surface area contributed by atoms with Gasteiger partial charge < -0.3 is 11.1 Å². The van der Waals surface area contributed by atoms with E-state index in [1.165, 1.54) is 42.5 Å². The second kappa shape index (κ2) is 8.26. The first-order chi connectivity index (χ1) is 13.4. The van der Waals surface area contributed by atoms with E-state index >= 15 is 0 Å². The molecule has 28 heavy (non-hydrogen) atoms. The Labute approximate surface area is 160 Å². The fourth-order valence-corrected chi connectivity index (χ4v) is 2.64. The molecular weight excluding hydrogens is 362 g/mol. The van der Waals surface area contributed by atoms with E-state index in [-0.39, 0.29) is 5.56 Å². The number of hydrogen-bond acceptors (Lipinski definition) is 2. The lowest BCUT2D eigenvalue weighted by atomic mass is 10.0. The maximum absolute atomic E-state index is 14.2. The third-order valence-corrected chi connectivity index (χ3v) is 3.95. The van der Waals surface area contributed by atoms with Gasteiger partial charge >= 0.3 is 0 Å². The minimum Gasteiger partial charge on any atom is -0.366 e. The van der Waals surface area contributed by atoms with Crippen LogP contribution in [0.25, 0.3) is 17.2 Å². The number of carbonyl (C=O) groups excluding carboxylic acids is 2. The molecule has 3 aromatic rings. The molecule has 0 aromatic heterocycles. The van der Waals surface area contributed by atoms with Gasteiger partial charge in [0, 0.05) is 11.8 Å². The highest BCUT2D eigenvalue weighted by atomic mass is 19.1. The fourth-order valence-electron chi connectivity index (χ4n) is 2.64. The largest absolute Gasteiger partial charge is 0.366 e. The van der Waals surface area contributed by atoms with Crippen molar-refractivity contribution in [3.63, 3.8) is 0 Å². The average molecular weight is 378 g/mol. The summed E-state index contributed by atoms with van der Waals surface area (Å²) in [4.78, 5) is 23.4. The zero-order valence-electron chi connectivity index (χ0n) is 14.7. The van der Waals surface area contributed by atoms with Gasteiger partial charge in [0.2, 0.25) is 5.91 Å². The van der Waals surface area contributed by atoms with Crippen molar-refractivity contribution in [2.75, 3.05) is 5.32 Å². The summed E-state index contributed by atoms with van der Waals surface area (Å²) in [6.45, 7) is 0. The summed E-state index contributed by atoms with van der Waals surface area (Å²) >= 11 is 0. The van der Waals surface area contributed by atoms with Crippen LogP contribution in [-0.4, -0.2) is 11.8 Å². The van der Waals surface area contributed by atoms with Gasteiger partial charge in [-0.2, -0.15) is 0 Å². The molecule has 0 aliphatic carbocycles. The summed E-state index contributed by atoms with van der Waals surface area (Å²) in [5.41, 5.74) is 7.02. The van der Waals surface area contributed by atoms with E-state index < -0.39 is 23.4 Å². The van der Waals surface area contributed by atoms with Gasteiger partial charge in [-0.05, 0) is 59.2 Å². The van der Waals surface area contributed by atoms with Crippen LogP contribution in [0.4, 0.5) is 14.5 Å². The summed E-state index contributed by atoms with van der Waals surface area (Å²) in [6.07, 6.45) is 2.70. The summed E-state index contributed by atoms with van der Waals surface area (Å²) in [5.74, 6) is -2.35. The molecule has 0 saturated carbocycles. The molecule has 0 atom stereocenters. The zero-order chi connectivity index (χ0) is 20.1. The van der Waals surface area contributed by atoms with Gasteiger partial charge in [0.25, 0.3) is 5.91 Å². The van der Waals surface area contributed by atoms with Crippen molar-refractivity contribution in [1.29, 1.82) is 0 Å². The molecule has 0 unspecified atom stereocenters. The first-order valence-electron chi connectivity index (χ1n) is 8.37. The van der Waals surface area contributed by atoms with E-state index in [2.05, 4.69) is 5.32 Å². The normalized spacial score (nSPS) is 10.8. The number of nitrogens with one attached hydrogen (secondary N) is 1. The molecule has 0 saturated heterocycles. The standard InChI is InChI=1S/C22H16F2N2O2/c23-17-5-2-4-15(12-17)16-8-9-20(24)19(13-16)22(28)26-18-6-1-3-14(11-18)7-10-21(25)27/h1-13H,(H2,25,27)(H,26,28). The van der Waals surface area contributed by atoms with Crippen LogP contribution in [0.5, 0.6) is 0 Å². The van der Waals surface area contributed by atoms with E-state index in [1.54, 1.807) is 36.4 Å². The van der Waals surface area contributed by atoms with Crippen molar-refractivity contribution in [1.82, 2.24) is 0 Å². The molecule has 0 aliphatic rings. The van der Waals surface area contributed by atoms with Gasteiger partial charge in [-0.25, -0.2) is 8.78 Å². The Morgan fingerprint density at radius 1 is 0.893 bits per heavy atom. The second-order valence-corrected chi connectivity index (χ2v) is 6.02. The van der Waals surface area contributed by atoms with Crippen LogP contribution in [0.3, 0.4) is 0 Å². The SMILES string of the molecule is NC(=O)C=Cc1cccc(NC(=O)c2cc(-c3cccc(F)c3)ccc2F)c1. The molecule has 2 amide bonds. The predicted octanol–water partition coefficient (Wildman–Crippen LogP) is 4.38. The van der Waals surface area contributed by atoms with E-state index in [0.717, 1.165) is 0 Å². The summed E-state index contributed by atoms with van der Waals surface area (Å²) < 4.78 is 27.7. The number of hydrogen-bond donors (Lipinski definition) is 2. The maximum atomic E-state index is 14.2. The number of amides is 2. The Bertz CT molecular complexity index is 1080. The van der Waals surface area contributed by atoms with Gasteiger partial charge in [-0.3, -0.25) is 9.59 Å². The first kappa shape index (κ1) is 19.0. The lowest BCUT2D eigenvalue weighted by Crippen LogP contribution is -2.14. The Balaban J connectivity index is 1.86. The molecule has 140 valence electrons. The van der Waals surface area contributed by atoms with Crippen molar-refractivity contribution < 1.29 is 18.4 Å². The van der Waals surface area contributed by atoms with Crippen LogP contribution in [0.2, 0.25) is 0 Å². The van der Waals surface area contributed by atoms with E-state index in [4.69, 9.17) is 5.73 Å². The molecule has 6 heteroatoms. The third-order valence-electron chi connectivity index (χ3n) is 3.95. The monoisotopic (exact) mass is 378 g/mol. The van der Waals surface area contributed by atoms with Crippen LogP contribution in [-0.2, 0) is 4.79 Å². The minimum atomic E-state index is -0.692.